The van der Waals surface area contributed by atoms with Gasteiger partial charge in [0.15, 0.2) is 0 Å². The Morgan fingerprint density at radius 2 is 1.23 bits per heavy atom. The van der Waals surface area contributed by atoms with Crippen molar-refractivity contribution < 1.29 is 0 Å². The highest BCUT2D eigenvalue weighted by Gasteiger charge is 2.26. The lowest BCUT2D eigenvalue weighted by atomic mass is 10.0. The molecule has 0 unspecified atom stereocenters. The summed E-state index contributed by atoms with van der Waals surface area (Å²) < 4.78 is 4.69. The van der Waals surface area contributed by atoms with Gasteiger partial charge in [0.25, 0.3) is 0 Å². The number of benzene rings is 6. The number of nitrogens with two attached hydrogens (primary N) is 2. The van der Waals surface area contributed by atoms with Crippen molar-refractivity contribution in [2.75, 3.05) is 5.73 Å². The van der Waals surface area contributed by atoms with Gasteiger partial charge in [-0.2, -0.15) is 0 Å². The van der Waals surface area contributed by atoms with E-state index >= 15 is 0 Å². The van der Waals surface area contributed by atoms with Crippen molar-refractivity contribution in [2.45, 2.75) is 22.9 Å². The summed E-state index contributed by atoms with van der Waals surface area (Å²) in [6.07, 6.45) is 0.910. The summed E-state index contributed by atoms with van der Waals surface area (Å²) >= 11 is 1.86. The first kappa shape index (κ1) is 25.7. The van der Waals surface area contributed by atoms with Crippen molar-refractivity contribution in [2.24, 2.45) is 5.73 Å². The topological polar surface area (TPSA) is 61.9 Å². The van der Waals surface area contributed by atoms with Gasteiger partial charge in [0.05, 0.1) is 34.4 Å². The molecule has 0 bridgehead atoms. The fourth-order valence-electron chi connectivity index (χ4n) is 6.54. The van der Waals surface area contributed by atoms with Gasteiger partial charge in [-0.3, -0.25) is 0 Å². The standard InChI is InChI=1S/C25H17N3S.C13H13N/c26-14-27-17-9-3-1-7-15(17)23-20(27)13-22-25-24(23)16-8-2-4-10-18(16)28(25)19-11-5-6-12-21(19)29-22;14-13-9-5-4-8-12(13)10-11-6-2-1-3-7-11/h1-13H,14,26H2;1-9H,10,14H2. The third-order valence-corrected chi connectivity index (χ3v) is 9.53. The highest BCUT2D eigenvalue weighted by atomic mass is 32.2. The first-order valence-electron chi connectivity index (χ1n) is 14.5. The predicted octanol–water partition coefficient (Wildman–Crippen LogP) is 9.13. The molecule has 0 amide bonds. The maximum atomic E-state index is 6.22. The van der Waals surface area contributed by atoms with Crippen LogP contribution in [0, 0.1) is 0 Å². The SMILES string of the molecule is NCn1c2ccccc2c2c3c4ccccc4n4c3c(cc21)Sc1ccccc1-4.Nc1ccccc1Cc1ccccc1. The number of rotatable bonds is 3. The molecule has 9 rings (SSSR count). The molecule has 0 spiro atoms. The number of fused-ring (bicyclic) bond motifs is 9. The van der Waals surface area contributed by atoms with Crippen LogP contribution in [0.4, 0.5) is 5.69 Å². The fourth-order valence-corrected chi connectivity index (χ4v) is 7.65. The van der Waals surface area contributed by atoms with Crippen LogP contribution in [0.15, 0.2) is 143 Å². The number of para-hydroxylation sites is 4. The van der Waals surface area contributed by atoms with Crippen LogP contribution in [0.5, 0.6) is 0 Å². The van der Waals surface area contributed by atoms with Gasteiger partial charge < -0.3 is 20.6 Å². The van der Waals surface area contributed by atoms with E-state index in [2.05, 4.69) is 118 Å². The van der Waals surface area contributed by atoms with Crippen LogP contribution in [0.25, 0.3) is 49.3 Å². The molecular formula is C38H30N4S. The molecule has 0 aliphatic carbocycles. The molecular weight excluding hydrogens is 545 g/mol. The molecule has 208 valence electrons. The molecule has 0 atom stereocenters. The zero-order valence-corrected chi connectivity index (χ0v) is 24.4. The highest BCUT2D eigenvalue weighted by molar-refractivity contribution is 7.99. The van der Waals surface area contributed by atoms with Crippen molar-refractivity contribution in [1.29, 1.82) is 0 Å². The molecule has 0 radical (unpaired) electrons. The van der Waals surface area contributed by atoms with Crippen molar-refractivity contribution in [1.82, 2.24) is 9.13 Å². The molecule has 6 aromatic carbocycles. The monoisotopic (exact) mass is 574 g/mol. The Morgan fingerprint density at radius 1 is 0.581 bits per heavy atom. The van der Waals surface area contributed by atoms with E-state index in [1.54, 1.807) is 0 Å². The zero-order chi connectivity index (χ0) is 28.9. The summed E-state index contributed by atoms with van der Waals surface area (Å²) in [7, 11) is 0. The van der Waals surface area contributed by atoms with Crippen LogP contribution in [-0.2, 0) is 13.1 Å². The Bertz CT molecular complexity index is 2300. The number of nitrogens with zero attached hydrogens (tertiary/aromatic N) is 2. The molecule has 0 fully saturated rings. The van der Waals surface area contributed by atoms with Crippen LogP contribution >= 0.6 is 11.8 Å². The summed E-state index contributed by atoms with van der Waals surface area (Å²) in [6, 6.07) is 46.8. The van der Waals surface area contributed by atoms with Gasteiger partial charge >= 0.3 is 0 Å². The van der Waals surface area contributed by atoms with Crippen LogP contribution in [0.1, 0.15) is 11.1 Å². The second kappa shape index (κ2) is 10.4. The van der Waals surface area contributed by atoms with Crippen LogP contribution in [0.2, 0.25) is 0 Å². The van der Waals surface area contributed by atoms with E-state index in [0.29, 0.717) is 6.67 Å². The molecule has 4 nitrogen and oxygen atoms in total. The summed E-state index contributed by atoms with van der Waals surface area (Å²) in [5.74, 6) is 0. The molecule has 0 saturated carbocycles. The lowest BCUT2D eigenvalue weighted by Gasteiger charge is -2.20. The molecule has 4 N–H and O–H groups in total. The largest absolute Gasteiger partial charge is 0.398 e. The van der Waals surface area contributed by atoms with Crippen LogP contribution < -0.4 is 11.5 Å². The summed E-state index contributed by atoms with van der Waals surface area (Å²) in [4.78, 5) is 2.58. The van der Waals surface area contributed by atoms with E-state index in [0.717, 1.165) is 12.1 Å². The molecule has 2 aromatic heterocycles. The van der Waals surface area contributed by atoms with Gasteiger partial charge in [0.1, 0.15) is 0 Å². The van der Waals surface area contributed by atoms with Crippen LogP contribution in [0.3, 0.4) is 0 Å². The molecule has 1 aliphatic heterocycles. The van der Waals surface area contributed by atoms with Crippen molar-refractivity contribution >= 4 is 61.1 Å². The molecule has 8 aromatic rings. The van der Waals surface area contributed by atoms with Gasteiger partial charge in [0, 0.05) is 37.0 Å². The smallest absolute Gasteiger partial charge is 0.0707 e. The molecule has 0 saturated heterocycles. The van der Waals surface area contributed by atoms with Crippen molar-refractivity contribution in [3.8, 4) is 5.69 Å². The molecule has 3 heterocycles. The zero-order valence-electron chi connectivity index (χ0n) is 23.6. The first-order valence-corrected chi connectivity index (χ1v) is 15.4. The second-order valence-corrected chi connectivity index (χ2v) is 12.0. The Morgan fingerprint density at radius 3 is 2.02 bits per heavy atom. The third-order valence-electron chi connectivity index (χ3n) is 8.44. The number of aromatic nitrogens is 2. The van der Waals surface area contributed by atoms with Gasteiger partial charge in [-0.1, -0.05) is 109 Å². The number of hydrogen-bond acceptors (Lipinski definition) is 3. The van der Waals surface area contributed by atoms with E-state index in [9.17, 15) is 0 Å². The van der Waals surface area contributed by atoms with E-state index in [1.165, 1.54) is 70.2 Å². The number of anilines is 1. The average molecular weight is 575 g/mol. The van der Waals surface area contributed by atoms with Gasteiger partial charge in [0.2, 0.25) is 0 Å². The minimum atomic E-state index is 0.467. The fraction of sp³-hybridized carbons (Fsp3) is 0.0526. The van der Waals surface area contributed by atoms with E-state index in [-0.39, 0.29) is 0 Å². The number of nitrogen functional groups attached to an aromatic ring is 1. The van der Waals surface area contributed by atoms with Gasteiger partial charge in [-0.25, -0.2) is 0 Å². The van der Waals surface area contributed by atoms with E-state index in [4.69, 9.17) is 11.5 Å². The van der Waals surface area contributed by atoms with Gasteiger partial charge in [-0.05, 0) is 53.9 Å². The minimum absolute atomic E-state index is 0.467. The van der Waals surface area contributed by atoms with E-state index < -0.39 is 0 Å². The second-order valence-electron chi connectivity index (χ2n) is 10.9. The summed E-state index contributed by atoms with van der Waals surface area (Å²) in [6.45, 7) is 0.467. The highest BCUT2D eigenvalue weighted by Crippen LogP contribution is 2.50. The Hall–Kier alpha value is -4.97. The first-order chi connectivity index (χ1) is 21.2. The minimum Gasteiger partial charge on any atom is -0.398 e. The van der Waals surface area contributed by atoms with E-state index in [1.807, 2.05) is 36.0 Å². The average Bonchev–Trinajstić information content (AvgIpc) is 3.57. The lowest BCUT2D eigenvalue weighted by Crippen LogP contribution is -2.06. The summed E-state index contributed by atoms with van der Waals surface area (Å²) in [5.41, 5.74) is 21.7. The summed E-state index contributed by atoms with van der Waals surface area (Å²) in [5, 5.41) is 5.20. The maximum Gasteiger partial charge on any atom is 0.0707 e. The third kappa shape index (κ3) is 4.12. The van der Waals surface area contributed by atoms with Crippen molar-refractivity contribution in [3.05, 3.63) is 145 Å². The van der Waals surface area contributed by atoms with Crippen LogP contribution in [-0.4, -0.2) is 9.13 Å². The Labute approximate surface area is 254 Å². The Balaban J connectivity index is 0.000000168. The molecule has 5 heteroatoms. The van der Waals surface area contributed by atoms with Gasteiger partial charge in [-0.15, -0.1) is 0 Å². The number of hydrogen-bond donors (Lipinski definition) is 2. The normalized spacial score (nSPS) is 12.0. The lowest BCUT2D eigenvalue weighted by molar-refractivity contribution is 0.790. The molecule has 1 aliphatic rings. The quantitative estimate of drug-likeness (QED) is 0.207. The molecule has 43 heavy (non-hydrogen) atoms. The predicted molar refractivity (Wildman–Crippen MR) is 182 cm³/mol. The maximum absolute atomic E-state index is 6.22. The Kier molecular flexibility index (Phi) is 6.21. The van der Waals surface area contributed by atoms with Crippen molar-refractivity contribution in [3.63, 3.8) is 0 Å².